The zero-order valence-electron chi connectivity index (χ0n) is 5.02. The Labute approximate surface area is 76.9 Å². The maximum Gasteiger partial charge on any atom is 2.00 e. The molecule has 0 spiro atoms. The SMILES string of the molecule is [CH2][CH][CH2].[F][Sb-]([F])([F])([F])([F])[F].[Pd+2]. The third-order valence-corrected chi connectivity index (χ3v) is 0. The van der Waals surface area contributed by atoms with Gasteiger partial charge >= 0.3 is 56.8 Å². The molecule has 0 fully saturated rings. The van der Waals surface area contributed by atoms with Crippen molar-refractivity contribution in [2.45, 2.75) is 0 Å². The maximum atomic E-state index is 9.93. The second kappa shape index (κ2) is 3.85. The first-order valence-corrected chi connectivity index (χ1v) is 7.62. The van der Waals surface area contributed by atoms with Crippen molar-refractivity contribution in [3.8, 4) is 0 Å². The van der Waals surface area contributed by atoms with Crippen LogP contribution in [0.5, 0.6) is 0 Å². The molecule has 0 saturated carbocycles. The number of hydrogen-bond acceptors (Lipinski definition) is 0. The van der Waals surface area contributed by atoms with E-state index in [1.807, 2.05) is 0 Å². The molecule has 0 heterocycles. The Morgan fingerprint density at radius 1 is 0.818 bits per heavy atom. The van der Waals surface area contributed by atoms with Crippen LogP contribution in [-0.2, 0) is 20.4 Å². The van der Waals surface area contributed by atoms with Crippen molar-refractivity contribution in [3.05, 3.63) is 20.3 Å². The van der Waals surface area contributed by atoms with Gasteiger partial charge in [-0.15, -0.1) is 0 Å². The predicted octanol–water partition coefficient (Wildman–Crippen LogP) is 3.00. The fraction of sp³-hybridized carbons (Fsp3) is 0. The summed E-state index contributed by atoms with van der Waals surface area (Å²) in [5, 5.41) is 0. The van der Waals surface area contributed by atoms with E-state index in [4.69, 9.17) is 0 Å². The first kappa shape index (κ1) is 18.0. The molecule has 0 rings (SSSR count). The Morgan fingerprint density at radius 3 is 0.818 bits per heavy atom. The number of halogens is 6. The quantitative estimate of drug-likeness (QED) is 0.446. The maximum absolute atomic E-state index is 11.2. The zero-order chi connectivity index (χ0) is 9.12. The zero-order valence-corrected chi connectivity index (χ0v) is 9.13. The van der Waals surface area contributed by atoms with E-state index in [1.165, 1.54) is 6.42 Å². The standard InChI is InChI=1S/C3H5.6FH.Pd.Sb/c1-3-2;;;;;;;;/h3H,1-2H2;6*1H;;/q;;;;;;;+2;+5/p-6. The van der Waals surface area contributed by atoms with E-state index >= 15 is 0 Å². The van der Waals surface area contributed by atoms with E-state index in [1.54, 1.807) is 0 Å². The molecule has 0 aromatic heterocycles. The second-order valence-electron chi connectivity index (χ2n) is 1.25. The summed E-state index contributed by atoms with van der Waals surface area (Å²) in [6, 6.07) is 0. The van der Waals surface area contributed by atoms with Crippen LogP contribution in [0.25, 0.3) is 0 Å². The van der Waals surface area contributed by atoms with Crippen molar-refractivity contribution in [1.82, 2.24) is 0 Å². The molecule has 8 heteroatoms. The average Bonchev–Trinajstić information content (AvgIpc) is 1.20. The van der Waals surface area contributed by atoms with Crippen molar-refractivity contribution in [2.24, 2.45) is 0 Å². The smallest absolute Gasteiger partial charge is 2.00 e. The summed E-state index contributed by atoms with van der Waals surface area (Å²) < 4.78 is 59.6. The van der Waals surface area contributed by atoms with Gasteiger partial charge in [0.15, 0.2) is 0 Å². The van der Waals surface area contributed by atoms with Crippen LogP contribution in [0, 0.1) is 20.3 Å². The molecule has 0 unspecified atom stereocenters. The summed E-state index contributed by atoms with van der Waals surface area (Å²) in [4.78, 5) is 0. The molecule has 0 saturated heterocycles. The minimum Gasteiger partial charge on any atom is 2.00 e. The molecule has 0 amide bonds. The van der Waals surface area contributed by atoms with Gasteiger partial charge in [0, 0.05) is 0 Å². The van der Waals surface area contributed by atoms with Crippen LogP contribution >= 0.6 is 0 Å². The Morgan fingerprint density at radius 2 is 0.818 bits per heavy atom. The summed E-state index contributed by atoms with van der Waals surface area (Å²) in [5.41, 5.74) is 0. The monoisotopic (exact) mass is 382 g/mol. The van der Waals surface area contributed by atoms with Crippen LogP contribution in [0.15, 0.2) is 0 Å². The molecule has 0 N–H and O–H groups in total. The molecule has 0 nitrogen and oxygen atoms in total. The molecular weight excluding hydrogens is 378 g/mol. The molecule has 0 aromatic rings. The van der Waals surface area contributed by atoms with Crippen molar-refractivity contribution in [2.75, 3.05) is 0 Å². The van der Waals surface area contributed by atoms with Gasteiger partial charge in [0.2, 0.25) is 0 Å². The number of rotatable bonds is 0. The Bertz CT molecular complexity index is 87.2. The molecule has 0 atom stereocenters. The molecule has 0 aliphatic rings. The molecule has 73 valence electrons. The molecule has 3 radical (unpaired) electrons. The summed E-state index contributed by atoms with van der Waals surface area (Å²) in [7, 11) is 0. The van der Waals surface area contributed by atoms with E-state index in [0.717, 1.165) is 0 Å². The predicted molar refractivity (Wildman–Crippen MR) is 27.4 cm³/mol. The minimum absolute atomic E-state index is 0. The fourth-order valence-electron chi connectivity index (χ4n) is 0. The van der Waals surface area contributed by atoms with Gasteiger partial charge in [0.1, 0.15) is 0 Å². The van der Waals surface area contributed by atoms with Crippen LogP contribution in [0.1, 0.15) is 0 Å². The van der Waals surface area contributed by atoms with Crippen LogP contribution in [0.2, 0.25) is 0 Å². The molecule has 0 aromatic carbocycles. The van der Waals surface area contributed by atoms with Gasteiger partial charge in [-0.25, -0.2) is 0 Å². The summed E-state index contributed by atoms with van der Waals surface area (Å²) >= 11 is -11.2. The molecule has 0 aliphatic heterocycles. The Kier molecular flexibility index (Phi) is 6.28. The van der Waals surface area contributed by atoms with Crippen LogP contribution in [-0.4, -0.2) is 19.5 Å². The average molecular weight is 383 g/mol. The van der Waals surface area contributed by atoms with Gasteiger partial charge in [0.05, 0.1) is 0 Å². The van der Waals surface area contributed by atoms with Gasteiger partial charge in [-0.3, -0.25) is 0 Å². The van der Waals surface area contributed by atoms with Crippen molar-refractivity contribution < 1.29 is 37.3 Å². The Balaban J connectivity index is -0.000000140. The largest absolute Gasteiger partial charge is 2.00 e. The fourth-order valence-corrected chi connectivity index (χ4v) is 0. The van der Waals surface area contributed by atoms with E-state index in [9.17, 15) is 16.9 Å². The topological polar surface area (TPSA) is 0 Å². The second-order valence-corrected chi connectivity index (χ2v) is 6.72. The van der Waals surface area contributed by atoms with Gasteiger partial charge in [-0.2, -0.15) is 0 Å². The minimum atomic E-state index is -11.2. The van der Waals surface area contributed by atoms with Gasteiger partial charge < -0.3 is 0 Å². The normalized spacial score (nSPS) is 16.4. The van der Waals surface area contributed by atoms with Crippen molar-refractivity contribution in [3.63, 3.8) is 0 Å². The van der Waals surface area contributed by atoms with Crippen LogP contribution in [0.4, 0.5) is 16.9 Å². The van der Waals surface area contributed by atoms with E-state index in [2.05, 4.69) is 13.8 Å². The van der Waals surface area contributed by atoms with E-state index in [0.29, 0.717) is 0 Å². The van der Waals surface area contributed by atoms with Crippen molar-refractivity contribution in [1.29, 1.82) is 0 Å². The molecule has 0 bridgehead atoms. The first-order valence-electron chi connectivity index (χ1n) is 1.83. The van der Waals surface area contributed by atoms with Gasteiger partial charge in [-0.1, -0.05) is 0 Å². The molecule has 0 aliphatic carbocycles. The molecular formula is C3H5F6PdSb+. The first-order chi connectivity index (χ1) is 3.86. The Hall–Kier alpha value is 1.06. The summed E-state index contributed by atoms with van der Waals surface area (Å²) in [6.07, 6.45) is 1.50. The van der Waals surface area contributed by atoms with Crippen molar-refractivity contribution >= 4 is 19.5 Å². The van der Waals surface area contributed by atoms with Crippen LogP contribution < -0.4 is 0 Å². The van der Waals surface area contributed by atoms with Crippen LogP contribution in [0.3, 0.4) is 0 Å². The van der Waals surface area contributed by atoms with E-state index < -0.39 is 19.5 Å². The van der Waals surface area contributed by atoms with Gasteiger partial charge in [0.25, 0.3) is 0 Å². The molecule has 11 heavy (non-hydrogen) atoms. The van der Waals surface area contributed by atoms with Gasteiger partial charge in [-0.05, 0) is 20.3 Å². The summed E-state index contributed by atoms with van der Waals surface area (Å²) in [6.45, 7) is 6.50. The third-order valence-electron chi connectivity index (χ3n) is 0. The number of hydrogen-bond donors (Lipinski definition) is 0. The van der Waals surface area contributed by atoms with E-state index in [-0.39, 0.29) is 20.4 Å². The third kappa shape index (κ3) is 807. The summed E-state index contributed by atoms with van der Waals surface area (Å²) in [5.74, 6) is 0.